The minimum absolute atomic E-state index is 0.0354. The molecule has 8 fully saturated rings. The van der Waals surface area contributed by atoms with E-state index in [1.807, 2.05) is 0 Å². The van der Waals surface area contributed by atoms with Gasteiger partial charge < -0.3 is 19.3 Å². The van der Waals surface area contributed by atoms with Crippen molar-refractivity contribution in [3.63, 3.8) is 0 Å². The van der Waals surface area contributed by atoms with Gasteiger partial charge >= 0.3 is 11.6 Å². The lowest BCUT2D eigenvalue weighted by molar-refractivity contribution is -0.385. The number of carbonyl (C=O) groups excluding carboxylic acids is 2. The van der Waals surface area contributed by atoms with Gasteiger partial charge in [-0.3, -0.25) is 20.2 Å². The molecule has 0 spiro atoms. The van der Waals surface area contributed by atoms with Crippen LogP contribution in [0.3, 0.4) is 0 Å². The van der Waals surface area contributed by atoms with Crippen molar-refractivity contribution in [3.8, 4) is 11.5 Å². The van der Waals surface area contributed by atoms with Crippen LogP contribution in [0.1, 0.15) is 77.0 Å². The molecule has 0 aromatic heterocycles. The van der Waals surface area contributed by atoms with Gasteiger partial charge in [0, 0.05) is 35.9 Å². The Kier molecular flexibility index (Phi) is 9.44. The van der Waals surface area contributed by atoms with Crippen LogP contribution in [0.25, 0.3) is 0 Å². The van der Waals surface area contributed by atoms with Crippen LogP contribution in [0.15, 0.2) is 48.5 Å². The molecule has 8 aliphatic rings. The Morgan fingerprint density at radius 1 is 0.638 bits per heavy atom. The quantitative estimate of drug-likeness (QED) is 0.107. The second kappa shape index (κ2) is 13.4. The maximum atomic E-state index is 12.1. The van der Waals surface area contributed by atoms with E-state index < -0.39 is 21.4 Å². The molecular weight excluding hydrogens is 632 g/mol. The summed E-state index contributed by atoms with van der Waals surface area (Å²) in [5, 5.41) is 30.9. The minimum Gasteiger partial charge on any atom is -0.427 e. The van der Waals surface area contributed by atoms with Gasteiger partial charge in [-0.1, -0.05) is 0 Å². The summed E-state index contributed by atoms with van der Waals surface area (Å²) in [5.74, 6) is 5.19. The summed E-state index contributed by atoms with van der Waals surface area (Å²) >= 11 is 4.92. The lowest BCUT2D eigenvalue weighted by atomic mass is 9.54. The van der Waals surface area contributed by atoms with E-state index in [-0.39, 0.29) is 34.1 Å². The van der Waals surface area contributed by atoms with Gasteiger partial charge in [0.05, 0.1) is 15.4 Å². The number of ether oxygens (including phenoxy) is 3. The minimum atomic E-state index is -0.978. The predicted molar refractivity (Wildman–Crippen MR) is 169 cm³/mol. The lowest BCUT2D eigenvalue weighted by Gasteiger charge is -2.55. The third-order valence-electron chi connectivity index (χ3n) is 10.8. The lowest BCUT2D eigenvalue weighted by Crippen LogP contribution is -2.53. The number of benzene rings is 2. The summed E-state index contributed by atoms with van der Waals surface area (Å²) in [6.45, 7) is 0. The highest BCUT2D eigenvalue weighted by molar-refractivity contribution is 6.61. The van der Waals surface area contributed by atoms with Gasteiger partial charge in [0.15, 0.2) is 0 Å². The molecular formula is C34H39ClN2O10. The maximum absolute atomic E-state index is 12.1. The average molecular weight is 671 g/mol. The second-order valence-electron chi connectivity index (χ2n) is 14.5. The normalized spacial score (nSPS) is 33.4. The molecule has 47 heavy (non-hydrogen) atoms. The smallest absolute Gasteiger partial charge is 0.427 e. The predicted octanol–water partition coefficient (Wildman–Crippen LogP) is 8.36. The van der Waals surface area contributed by atoms with Crippen molar-refractivity contribution in [1.29, 1.82) is 0 Å². The van der Waals surface area contributed by atoms with Crippen LogP contribution in [0, 0.1) is 55.7 Å². The fraction of sp³-hybridized carbons (Fsp3) is 0.588. The van der Waals surface area contributed by atoms with E-state index in [1.54, 1.807) is 0 Å². The van der Waals surface area contributed by atoms with Crippen LogP contribution in [-0.4, -0.2) is 37.7 Å². The van der Waals surface area contributed by atoms with E-state index in [4.69, 9.17) is 21.1 Å². The number of carbonyl (C=O) groups is 2. The standard InChI is InChI=1S/C17H19NO5.C10H16O.C7H4ClNO4/c19-16(22-15-3-1-14(2-4-15)18(20)21)23-17-8-11-5-12(9-17)7-13(6-11)10-17;11-10-4-7-1-8(5-10)3-9(2-7)6-10;8-7(10)13-6-3-1-5(2-4-6)9(11)12/h1-4,11-13H,5-10H2;7-9,11H,1-6H2;1-4H. The van der Waals surface area contributed by atoms with Crippen LogP contribution in [0.5, 0.6) is 11.5 Å². The molecule has 0 amide bonds. The topological polar surface area (TPSA) is 168 Å². The number of hydrogen-bond acceptors (Lipinski definition) is 10. The Morgan fingerprint density at radius 3 is 1.30 bits per heavy atom. The van der Waals surface area contributed by atoms with Crippen molar-refractivity contribution in [2.45, 2.75) is 88.3 Å². The maximum Gasteiger partial charge on any atom is 0.514 e. The third-order valence-corrected chi connectivity index (χ3v) is 10.9. The fourth-order valence-corrected chi connectivity index (χ4v) is 9.97. The number of nitro groups is 2. The fourth-order valence-electron chi connectivity index (χ4n) is 9.88. The molecule has 2 aromatic rings. The van der Waals surface area contributed by atoms with Gasteiger partial charge in [-0.2, -0.15) is 0 Å². The Labute approximate surface area is 277 Å². The van der Waals surface area contributed by atoms with E-state index in [0.717, 1.165) is 56.3 Å². The third kappa shape index (κ3) is 8.21. The molecule has 12 nitrogen and oxygen atoms in total. The molecule has 2 aromatic carbocycles. The Bertz CT molecular complexity index is 1420. The van der Waals surface area contributed by atoms with Crippen molar-refractivity contribution in [2.24, 2.45) is 35.5 Å². The van der Waals surface area contributed by atoms with Crippen LogP contribution < -0.4 is 9.47 Å². The summed E-state index contributed by atoms with van der Waals surface area (Å²) in [7, 11) is 0. The van der Waals surface area contributed by atoms with Gasteiger partial charge in [-0.15, -0.1) is 0 Å². The Morgan fingerprint density at radius 2 is 0.979 bits per heavy atom. The van der Waals surface area contributed by atoms with E-state index in [0.29, 0.717) is 17.8 Å². The molecule has 252 valence electrons. The molecule has 0 heterocycles. The number of halogens is 1. The molecule has 1 N–H and O–H groups in total. The van der Waals surface area contributed by atoms with Gasteiger partial charge in [-0.05, 0) is 137 Å². The highest BCUT2D eigenvalue weighted by Gasteiger charge is 2.53. The van der Waals surface area contributed by atoms with Crippen LogP contribution in [0.4, 0.5) is 21.0 Å². The second-order valence-corrected chi connectivity index (χ2v) is 14.8. The van der Waals surface area contributed by atoms with Gasteiger partial charge in [0.1, 0.15) is 17.1 Å². The summed E-state index contributed by atoms with van der Waals surface area (Å²) < 4.78 is 15.4. The van der Waals surface area contributed by atoms with Gasteiger partial charge in [0.2, 0.25) is 0 Å². The Hall–Kier alpha value is -3.77. The number of aliphatic hydroxyl groups is 1. The first-order chi connectivity index (χ1) is 22.3. The van der Waals surface area contributed by atoms with Crippen molar-refractivity contribution < 1.29 is 38.8 Å². The molecule has 0 atom stereocenters. The van der Waals surface area contributed by atoms with E-state index in [9.17, 15) is 34.9 Å². The van der Waals surface area contributed by atoms with Crippen molar-refractivity contribution in [1.82, 2.24) is 0 Å². The first kappa shape index (κ1) is 33.1. The van der Waals surface area contributed by atoms with Crippen LogP contribution in [0.2, 0.25) is 0 Å². The molecule has 8 bridgehead atoms. The number of nitro benzene ring substituents is 2. The first-order valence-electron chi connectivity index (χ1n) is 16.3. The summed E-state index contributed by atoms with van der Waals surface area (Å²) in [4.78, 5) is 42.2. The largest absolute Gasteiger partial charge is 0.514 e. The molecule has 0 aliphatic heterocycles. The van der Waals surface area contributed by atoms with E-state index in [2.05, 4.69) is 4.74 Å². The molecule has 10 rings (SSSR count). The van der Waals surface area contributed by atoms with Crippen molar-refractivity contribution in [3.05, 3.63) is 68.8 Å². The molecule has 8 saturated carbocycles. The molecule has 0 unspecified atom stereocenters. The molecule has 0 saturated heterocycles. The Balaban J connectivity index is 0.000000136. The number of non-ortho nitro benzene ring substituents is 2. The monoisotopic (exact) mass is 670 g/mol. The molecule has 8 aliphatic carbocycles. The van der Waals surface area contributed by atoms with E-state index in [1.165, 1.54) is 87.1 Å². The highest BCUT2D eigenvalue weighted by Crippen LogP contribution is 2.57. The number of rotatable bonds is 5. The van der Waals surface area contributed by atoms with Crippen molar-refractivity contribution in [2.75, 3.05) is 0 Å². The molecule has 13 heteroatoms. The zero-order chi connectivity index (χ0) is 33.3. The van der Waals surface area contributed by atoms with Gasteiger partial charge in [-0.25, -0.2) is 9.59 Å². The van der Waals surface area contributed by atoms with Crippen LogP contribution in [-0.2, 0) is 4.74 Å². The zero-order valence-electron chi connectivity index (χ0n) is 26.0. The highest BCUT2D eigenvalue weighted by atomic mass is 35.5. The number of hydrogen-bond donors (Lipinski definition) is 1. The summed E-state index contributed by atoms with van der Waals surface area (Å²) in [6.07, 6.45) is 13.7. The van der Waals surface area contributed by atoms with Crippen LogP contribution >= 0.6 is 11.6 Å². The van der Waals surface area contributed by atoms with Gasteiger partial charge in [0.25, 0.3) is 11.4 Å². The zero-order valence-corrected chi connectivity index (χ0v) is 26.7. The average Bonchev–Trinajstić information content (AvgIpc) is 2.96. The summed E-state index contributed by atoms with van der Waals surface area (Å²) in [5.41, 5.74) is -1.63. The summed E-state index contributed by atoms with van der Waals surface area (Å²) in [6, 6.07) is 10.5. The number of nitrogens with zero attached hydrogens (tertiary/aromatic N) is 2. The van der Waals surface area contributed by atoms with Crippen molar-refractivity contribution >= 4 is 34.6 Å². The SMILES string of the molecule is O=C(Cl)Oc1ccc([N+](=O)[O-])cc1.O=C(Oc1ccc([N+](=O)[O-])cc1)OC12CC3CC(CC(C3)C1)C2.OC12CC3CC(CC(C3)C1)C2. The first-order valence-corrected chi connectivity index (χ1v) is 16.7. The van der Waals surface area contributed by atoms with E-state index >= 15 is 0 Å². The molecule has 0 radical (unpaired) electrons.